The molecule has 1 heterocycles. The van der Waals surface area contributed by atoms with Crippen LogP contribution in [0.2, 0.25) is 0 Å². The van der Waals surface area contributed by atoms with Gasteiger partial charge >= 0.3 is 0 Å². The molecule has 0 amide bonds. The highest BCUT2D eigenvalue weighted by Gasteiger charge is 2.08. The van der Waals surface area contributed by atoms with Gasteiger partial charge in [0, 0.05) is 24.5 Å². The fourth-order valence-corrected chi connectivity index (χ4v) is 1.08. The molecular weight excluding hydrogens is 180 g/mol. The Hall–Kier alpha value is -1.26. The lowest BCUT2D eigenvalue weighted by Crippen LogP contribution is -2.15. The topological polar surface area (TPSA) is 65.2 Å². The Morgan fingerprint density at radius 3 is 3.07 bits per heavy atom. The fraction of sp³-hybridized carbons (Fsp3) is 0.400. The standard InChI is InChI=1S/C10H14N2O2/c1-8-2-4-12-6-9(8)10(13)7-14-5-3-11/h2,4,6H,3,5,7,11H2,1H3. The van der Waals surface area contributed by atoms with E-state index in [4.69, 9.17) is 10.5 Å². The maximum atomic E-state index is 11.5. The van der Waals surface area contributed by atoms with Gasteiger partial charge in [-0.2, -0.15) is 0 Å². The molecule has 2 N–H and O–H groups in total. The first-order valence-electron chi connectivity index (χ1n) is 4.47. The molecule has 0 unspecified atom stereocenters. The third-order valence-electron chi connectivity index (χ3n) is 1.83. The minimum absolute atomic E-state index is 0.0518. The van der Waals surface area contributed by atoms with E-state index in [-0.39, 0.29) is 12.4 Å². The van der Waals surface area contributed by atoms with Crippen molar-refractivity contribution in [3.63, 3.8) is 0 Å². The normalized spacial score (nSPS) is 10.1. The molecule has 0 atom stereocenters. The second-order valence-corrected chi connectivity index (χ2v) is 2.96. The number of hydrogen-bond donors (Lipinski definition) is 1. The Morgan fingerprint density at radius 2 is 2.43 bits per heavy atom. The first-order valence-corrected chi connectivity index (χ1v) is 4.47. The average molecular weight is 194 g/mol. The SMILES string of the molecule is Cc1ccncc1C(=O)COCCN. The highest BCUT2D eigenvalue weighted by Crippen LogP contribution is 2.05. The van der Waals surface area contributed by atoms with E-state index in [1.807, 2.05) is 6.92 Å². The fourth-order valence-electron chi connectivity index (χ4n) is 1.08. The van der Waals surface area contributed by atoms with Crippen LogP contribution < -0.4 is 5.73 Å². The van der Waals surface area contributed by atoms with E-state index in [0.29, 0.717) is 18.7 Å². The second-order valence-electron chi connectivity index (χ2n) is 2.96. The zero-order chi connectivity index (χ0) is 10.4. The van der Waals surface area contributed by atoms with Crippen LogP contribution in [0.15, 0.2) is 18.5 Å². The lowest BCUT2D eigenvalue weighted by atomic mass is 10.1. The number of Topliss-reactive ketones (excluding diaryl/α,β-unsaturated/α-hetero) is 1. The number of nitrogens with two attached hydrogens (primary N) is 1. The van der Waals surface area contributed by atoms with Gasteiger partial charge in [0.25, 0.3) is 0 Å². The van der Waals surface area contributed by atoms with Crippen LogP contribution in [0.5, 0.6) is 0 Å². The minimum Gasteiger partial charge on any atom is -0.372 e. The van der Waals surface area contributed by atoms with Crippen molar-refractivity contribution in [1.29, 1.82) is 0 Å². The molecule has 76 valence electrons. The van der Waals surface area contributed by atoms with E-state index < -0.39 is 0 Å². The lowest BCUT2D eigenvalue weighted by molar-refractivity contribution is 0.0773. The van der Waals surface area contributed by atoms with Gasteiger partial charge in [-0.15, -0.1) is 0 Å². The van der Waals surface area contributed by atoms with Crippen LogP contribution in [0.25, 0.3) is 0 Å². The molecule has 0 bridgehead atoms. The number of hydrogen-bond acceptors (Lipinski definition) is 4. The summed E-state index contributed by atoms with van der Waals surface area (Å²) in [6, 6.07) is 1.80. The zero-order valence-electron chi connectivity index (χ0n) is 8.19. The second kappa shape index (κ2) is 5.47. The van der Waals surface area contributed by atoms with Crippen molar-refractivity contribution in [3.8, 4) is 0 Å². The Kier molecular flexibility index (Phi) is 4.22. The van der Waals surface area contributed by atoms with E-state index in [9.17, 15) is 4.79 Å². The van der Waals surface area contributed by atoms with Crippen LogP contribution in [0.4, 0.5) is 0 Å². The highest BCUT2D eigenvalue weighted by atomic mass is 16.5. The number of ketones is 1. The monoisotopic (exact) mass is 194 g/mol. The molecule has 1 aromatic rings. The largest absolute Gasteiger partial charge is 0.372 e. The van der Waals surface area contributed by atoms with E-state index in [0.717, 1.165) is 5.56 Å². The molecule has 0 aliphatic rings. The molecule has 14 heavy (non-hydrogen) atoms. The van der Waals surface area contributed by atoms with Gasteiger partial charge in [-0.3, -0.25) is 9.78 Å². The molecule has 4 heteroatoms. The quantitative estimate of drug-likeness (QED) is 0.549. The lowest BCUT2D eigenvalue weighted by Gasteiger charge is -2.04. The van der Waals surface area contributed by atoms with Crippen molar-refractivity contribution >= 4 is 5.78 Å². The van der Waals surface area contributed by atoms with Gasteiger partial charge in [0.05, 0.1) is 6.61 Å². The molecule has 1 rings (SSSR count). The number of aromatic nitrogens is 1. The molecular formula is C10H14N2O2. The Bertz CT molecular complexity index is 313. The molecule has 1 aromatic heterocycles. The van der Waals surface area contributed by atoms with Crippen molar-refractivity contribution in [2.24, 2.45) is 5.73 Å². The molecule has 0 fully saturated rings. The Labute approximate surface area is 83.1 Å². The predicted octanol–water partition coefficient (Wildman–Crippen LogP) is 0.548. The van der Waals surface area contributed by atoms with E-state index >= 15 is 0 Å². The van der Waals surface area contributed by atoms with Gasteiger partial charge in [-0.05, 0) is 18.6 Å². The summed E-state index contributed by atoms with van der Waals surface area (Å²) in [6.07, 6.45) is 3.22. The third kappa shape index (κ3) is 2.90. The Balaban J connectivity index is 2.56. The first-order chi connectivity index (χ1) is 6.75. The Morgan fingerprint density at radius 1 is 1.64 bits per heavy atom. The van der Waals surface area contributed by atoms with Crippen molar-refractivity contribution < 1.29 is 9.53 Å². The average Bonchev–Trinajstić information content (AvgIpc) is 2.18. The van der Waals surface area contributed by atoms with Crippen LogP contribution in [0, 0.1) is 6.92 Å². The number of carbonyl (C=O) groups excluding carboxylic acids is 1. The molecule has 0 saturated heterocycles. The summed E-state index contributed by atoms with van der Waals surface area (Å²) in [4.78, 5) is 15.4. The van der Waals surface area contributed by atoms with Crippen LogP contribution in [0.1, 0.15) is 15.9 Å². The number of nitrogens with zero attached hydrogens (tertiary/aromatic N) is 1. The van der Waals surface area contributed by atoms with Gasteiger partial charge < -0.3 is 10.5 Å². The summed E-state index contributed by atoms with van der Waals surface area (Å²) in [6.45, 7) is 2.78. The van der Waals surface area contributed by atoms with Crippen molar-refractivity contribution in [2.45, 2.75) is 6.92 Å². The maximum absolute atomic E-state index is 11.5. The highest BCUT2D eigenvalue weighted by molar-refractivity contribution is 5.98. The summed E-state index contributed by atoms with van der Waals surface area (Å²) in [5.74, 6) is -0.0518. The number of ether oxygens (including phenoxy) is 1. The molecule has 4 nitrogen and oxygen atoms in total. The summed E-state index contributed by atoms with van der Waals surface area (Å²) in [5.41, 5.74) is 6.77. The summed E-state index contributed by atoms with van der Waals surface area (Å²) in [7, 11) is 0. The first kappa shape index (κ1) is 10.8. The van der Waals surface area contributed by atoms with Crippen molar-refractivity contribution in [2.75, 3.05) is 19.8 Å². The predicted molar refractivity (Wildman–Crippen MR) is 53.2 cm³/mol. The molecule has 0 aromatic carbocycles. The third-order valence-corrected chi connectivity index (χ3v) is 1.83. The minimum atomic E-state index is -0.0518. The van der Waals surface area contributed by atoms with Crippen LogP contribution in [-0.4, -0.2) is 30.5 Å². The van der Waals surface area contributed by atoms with Crippen molar-refractivity contribution in [1.82, 2.24) is 4.98 Å². The summed E-state index contributed by atoms with van der Waals surface area (Å²) >= 11 is 0. The van der Waals surface area contributed by atoms with E-state index in [1.165, 1.54) is 0 Å². The van der Waals surface area contributed by atoms with Crippen molar-refractivity contribution in [3.05, 3.63) is 29.6 Å². The van der Waals surface area contributed by atoms with Gasteiger partial charge in [0.1, 0.15) is 6.61 Å². The molecule has 0 radical (unpaired) electrons. The molecule has 0 saturated carbocycles. The molecule has 0 spiro atoms. The maximum Gasteiger partial charge on any atom is 0.190 e. The molecule has 0 aliphatic carbocycles. The zero-order valence-corrected chi connectivity index (χ0v) is 8.19. The van der Waals surface area contributed by atoms with Crippen LogP contribution in [0.3, 0.4) is 0 Å². The number of rotatable bonds is 5. The van der Waals surface area contributed by atoms with Gasteiger partial charge in [-0.1, -0.05) is 0 Å². The van der Waals surface area contributed by atoms with E-state index in [1.54, 1.807) is 18.5 Å². The van der Waals surface area contributed by atoms with Crippen LogP contribution in [-0.2, 0) is 4.74 Å². The van der Waals surface area contributed by atoms with Gasteiger partial charge in [0.15, 0.2) is 5.78 Å². The summed E-state index contributed by atoms with van der Waals surface area (Å²) < 4.78 is 5.05. The number of pyridine rings is 1. The number of aryl methyl sites for hydroxylation is 1. The van der Waals surface area contributed by atoms with E-state index in [2.05, 4.69) is 4.98 Å². The summed E-state index contributed by atoms with van der Waals surface area (Å²) in [5, 5.41) is 0. The number of carbonyl (C=O) groups is 1. The van der Waals surface area contributed by atoms with Crippen LogP contribution >= 0.6 is 0 Å². The molecule has 0 aliphatic heterocycles. The smallest absolute Gasteiger partial charge is 0.190 e. The van der Waals surface area contributed by atoms with Gasteiger partial charge in [-0.25, -0.2) is 0 Å². The van der Waals surface area contributed by atoms with Gasteiger partial charge in [0.2, 0.25) is 0 Å².